The Labute approximate surface area is 342 Å². The third kappa shape index (κ3) is 4.89. The molecule has 0 spiro atoms. The second-order valence-electron chi connectivity index (χ2n) is 15.4. The van der Waals surface area contributed by atoms with E-state index in [9.17, 15) is 0 Å². The molecule has 0 fully saturated rings. The van der Waals surface area contributed by atoms with Crippen molar-refractivity contribution >= 4 is 96.8 Å². The van der Waals surface area contributed by atoms with Crippen LogP contribution in [0.25, 0.3) is 119 Å². The Balaban J connectivity index is 0.989. The molecule has 0 N–H and O–H groups in total. The van der Waals surface area contributed by atoms with Crippen LogP contribution < -0.4 is 0 Å². The van der Waals surface area contributed by atoms with Gasteiger partial charge in [-0.1, -0.05) is 115 Å². The Bertz CT molecular complexity index is 3850. The molecule has 0 bridgehead atoms. The maximum Gasteiger partial charge on any atom is 0.235 e. The Kier molecular flexibility index (Phi) is 6.85. The molecular formula is C54H32N4S. The van der Waals surface area contributed by atoms with E-state index in [0.29, 0.717) is 5.95 Å². The molecule has 0 saturated carbocycles. The summed E-state index contributed by atoms with van der Waals surface area (Å²) in [5, 5.41) is 10.9. The summed E-state index contributed by atoms with van der Waals surface area (Å²) in [7, 11) is 0. The number of nitrogens with zero attached hydrogens (tertiary/aromatic N) is 4. The number of hydrogen-bond donors (Lipinski definition) is 0. The van der Waals surface area contributed by atoms with E-state index in [1.165, 1.54) is 74.6 Å². The smallest absolute Gasteiger partial charge is 0.235 e. The van der Waals surface area contributed by atoms with E-state index >= 15 is 0 Å². The second-order valence-corrected chi connectivity index (χ2v) is 16.5. The minimum atomic E-state index is 0.661. The number of benzene rings is 9. The van der Waals surface area contributed by atoms with Crippen LogP contribution in [-0.4, -0.2) is 19.1 Å². The second kappa shape index (κ2) is 12.4. The van der Waals surface area contributed by atoms with Gasteiger partial charge in [-0.25, -0.2) is 9.97 Å². The van der Waals surface area contributed by atoms with Crippen molar-refractivity contribution in [1.82, 2.24) is 19.1 Å². The molecule has 4 aromatic heterocycles. The lowest BCUT2D eigenvalue weighted by molar-refractivity contribution is 1.01. The summed E-state index contributed by atoms with van der Waals surface area (Å²) in [4.78, 5) is 10.7. The summed E-state index contributed by atoms with van der Waals surface area (Å²) in [6, 6.07) is 70.2. The highest BCUT2D eigenvalue weighted by Gasteiger charge is 2.20. The first-order chi connectivity index (χ1) is 29.2. The quantitative estimate of drug-likeness (QED) is 0.179. The van der Waals surface area contributed by atoms with Crippen molar-refractivity contribution in [2.45, 2.75) is 0 Å². The van der Waals surface area contributed by atoms with Crippen molar-refractivity contribution in [2.75, 3.05) is 0 Å². The average molecular weight is 769 g/mol. The number of aromatic nitrogens is 4. The molecule has 4 heterocycles. The van der Waals surface area contributed by atoms with Crippen LogP contribution in [0.15, 0.2) is 194 Å². The fourth-order valence-electron chi connectivity index (χ4n) is 9.37. The first-order valence-corrected chi connectivity index (χ1v) is 20.8. The maximum absolute atomic E-state index is 5.46. The fourth-order valence-corrected chi connectivity index (χ4v) is 10.5. The van der Waals surface area contributed by atoms with Gasteiger partial charge in [0.1, 0.15) is 0 Å². The van der Waals surface area contributed by atoms with E-state index in [-0.39, 0.29) is 0 Å². The summed E-state index contributed by atoms with van der Waals surface area (Å²) >= 11 is 1.85. The van der Waals surface area contributed by atoms with Gasteiger partial charge in [0.05, 0.1) is 33.3 Å². The molecule has 59 heavy (non-hydrogen) atoms. The van der Waals surface area contributed by atoms with Gasteiger partial charge in [0.2, 0.25) is 5.95 Å². The molecule has 9 aromatic carbocycles. The molecule has 0 saturated heterocycles. The van der Waals surface area contributed by atoms with Crippen LogP contribution >= 0.6 is 11.3 Å². The Hall–Kier alpha value is -7.60. The van der Waals surface area contributed by atoms with E-state index in [2.05, 4.69) is 203 Å². The lowest BCUT2D eigenvalue weighted by Gasteiger charge is -2.12. The molecule has 0 aliphatic rings. The fraction of sp³-hybridized carbons (Fsp3) is 0. The summed E-state index contributed by atoms with van der Waals surface area (Å²) in [5.74, 6) is 0.661. The van der Waals surface area contributed by atoms with Crippen LogP contribution in [-0.2, 0) is 0 Å². The van der Waals surface area contributed by atoms with Crippen LogP contribution in [0.2, 0.25) is 0 Å². The topological polar surface area (TPSA) is 35.6 Å². The maximum atomic E-state index is 5.46. The lowest BCUT2D eigenvalue weighted by atomic mass is 10.0. The highest BCUT2D eigenvalue weighted by Crippen LogP contribution is 2.41. The summed E-state index contributed by atoms with van der Waals surface area (Å²) in [6.07, 6.45) is 0. The Morgan fingerprint density at radius 1 is 0.339 bits per heavy atom. The predicted molar refractivity (Wildman–Crippen MR) is 249 cm³/mol. The van der Waals surface area contributed by atoms with Crippen molar-refractivity contribution in [3.63, 3.8) is 0 Å². The van der Waals surface area contributed by atoms with Gasteiger partial charge in [-0.3, -0.25) is 4.57 Å². The van der Waals surface area contributed by atoms with Gasteiger partial charge in [-0.05, 0) is 101 Å². The van der Waals surface area contributed by atoms with E-state index in [1.54, 1.807) is 0 Å². The minimum Gasteiger partial charge on any atom is -0.309 e. The van der Waals surface area contributed by atoms with E-state index in [0.717, 1.165) is 38.9 Å². The van der Waals surface area contributed by atoms with Crippen molar-refractivity contribution in [3.8, 4) is 34.0 Å². The van der Waals surface area contributed by atoms with Gasteiger partial charge >= 0.3 is 0 Å². The Morgan fingerprint density at radius 2 is 0.881 bits per heavy atom. The molecule has 0 amide bonds. The first kappa shape index (κ1) is 32.5. The van der Waals surface area contributed by atoms with Crippen molar-refractivity contribution in [1.29, 1.82) is 0 Å². The summed E-state index contributed by atoms with van der Waals surface area (Å²) in [6.45, 7) is 0. The summed E-state index contributed by atoms with van der Waals surface area (Å²) < 4.78 is 7.18. The molecule has 0 radical (unpaired) electrons. The number of fused-ring (bicyclic) bond motifs is 11. The van der Waals surface area contributed by atoms with E-state index in [1.807, 2.05) is 11.3 Å². The van der Waals surface area contributed by atoms with Gasteiger partial charge in [0.15, 0.2) is 0 Å². The van der Waals surface area contributed by atoms with Gasteiger partial charge in [0.25, 0.3) is 0 Å². The van der Waals surface area contributed by atoms with E-state index in [4.69, 9.17) is 9.97 Å². The standard InChI is InChI=1S/C54H32N4S/c1-2-14-38(15-3-1)57-47-20-10-7-16-39(47)42-28-35(22-25-49(42)57)36-23-26-50-43(29-36)40-17-8-11-21-48(40)58(50)54-55-46-19-9-6-18-41(46)53(56-54)37-24-27-51-44(31-37)45-30-33-12-4-5-13-34(33)32-52(45)59-51/h1-32H. The van der Waals surface area contributed by atoms with Crippen LogP contribution in [0.1, 0.15) is 0 Å². The van der Waals surface area contributed by atoms with Crippen LogP contribution in [0, 0.1) is 0 Å². The molecule has 0 unspecified atom stereocenters. The number of para-hydroxylation sites is 4. The van der Waals surface area contributed by atoms with Gasteiger partial charge in [0, 0.05) is 58.4 Å². The first-order valence-electron chi connectivity index (χ1n) is 20.0. The molecule has 13 aromatic rings. The highest BCUT2D eigenvalue weighted by molar-refractivity contribution is 7.25. The van der Waals surface area contributed by atoms with Gasteiger partial charge in [-0.15, -0.1) is 11.3 Å². The van der Waals surface area contributed by atoms with Crippen molar-refractivity contribution in [3.05, 3.63) is 194 Å². The third-order valence-electron chi connectivity index (χ3n) is 12.1. The molecule has 4 nitrogen and oxygen atoms in total. The highest BCUT2D eigenvalue weighted by atomic mass is 32.1. The van der Waals surface area contributed by atoms with Crippen LogP contribution in [0.5, 0.6) is 0 Å². The lowest BCUT2D eigenvalue weighted by Crippen LogP contribution is -2.03. The van der Waals surface area contributed by atoms with Gasteiger partial charge < -0.3 is 4.57 Å². The zero-order chi connectivity index (χ0) is 38.6. The molecule has 0 aliphatic carbocycles. The zero-order valence-corrected chi connectivity index (χ0v) is 32.5. The largest absolute Gasteiger partial charge is 0.309 e. The monoisotopic (exact) mass is 768 g/mol. The van der Waals surface area contributed by atoms with E-state index < -0.39 is 0 Å². The molecule has 0 aliphatic heterocycles. The minimum absolute atomic E-state index is 0.661. The average Bonchev–Trinajstić information content (AvgIpc) is 3.94. The van der Waals surface area contributed by atoms with Gasteiger partial charge in [-0.2, -0.15) is 0 Å². The number of rotatable bonds is 4. The SMILES string of the molecule is c1ccc(-n2c3ccccc3c3cc(-c4ccc5c(c4)c4ccccc4n5-c4nc(-c5ccc6sc7cc8ccccc8cc7c6c5)c5ccccc5n4)ccc32)cc1. The molecule has 5 heteroatoms. The van der Waals surface area contributed by atoms with Crippen LogP contribution in [0.3, 0.4) is 0 Å². The normalized spacial score (nSPS) is 12.1. The summed E-state index contributed by atoms with van der Waals surface area (Å²) in [5.41, 5.74) is 11.0. The third-order valence-corrected chi connectivity index (χ3v) is 13.2. The molecule has 13 rings (SSSR count). The zero-order valence-electron chi connectivity index (χ0n) is 31.7. The predicted octanol–water partition coefficient (Wildman–Crippen LogP) is 14.7. The van der Waals surface area contributed by atoms with Crippen LogP contribution in [0.4, 0.5) is 0 Å². The molecule has 274 valence electrons. The number of thiophene rings is 1. The Morgan fingerprint density at radius 3 is 1.63 bits per heavy atom. The van der Waals surface area contributed by atoms with Crippen molar-refractivity contribution in [2.24, 2.45) is 0 Å². The molecule has 0 atom stereocenters. The molecular weight excluding hydrogens is 737 g/mol. The van der Waals surface area contributed by atoms with Crippen molar-refractivity contribution < 1.29 is 0 Å². The number of hydrogen-bond acceptors (Lipinski definition) is 3.